The van der Waals surface area contributed by atoms with Gasteiger partial charge >= 0.3 is 0 Å². The highest BCUT2D eigenvalue weighted by molar-refractivity contribution is 5.51. The van der Waals surface area contributed by atoms with Crippen LogP contribution in [0.15, 0.2) is 18.2 Å². The van der Waals surface area contributed by atoms with E-state index in [4.69, 9.17) is 5.11 Å². The molecule has 1 aliphatic rings. The first-order valence-electron chi connectivity index (χ1n) is 6.16. The zero-order valence-corrected chi connectivity index (χ0v) is 10.2. The van der Waals surface area contributed by atoms with Crippen LogP contribution in [0, 0.1) is 12.8 Å². The van der Waals surface area contributed by atoms with E-state index < -0.39 is 0 Å². The molecule has 0 aromatic heterocycles. The molecule has 0 atom stereocenters. The van der Waals surface area contributed by atoms with Crippen LogP contribution in [0.3, 0.4) is 0 Å². The van der Waals surface area contributed by atoms with Crippen molar-refractivity contribution in [3.05, 3.63) is 29.3 Å². The normalized spacial score (nSPS) is 17.8. The van der Waals surface area contributed by atoms with E-state index in [9.17, 15) is 0 Å². The average molecular weight is 219 g/mol. The van der Waals surface area contributed by atoms with Gasteiger partial charge < -0.3 is 10.0 Å². The van der Waals surface area contributed by atoms with E-state index in [0.717, 1.165) is 11.5 Å². The summed E-state index contributed by atoms with van der Waals surface area (Å²) in [7, 11) is 0. The lowest BCUT2D eigenvalue weighted by Crippen LogP contribution is -2.32. The quantitative estimate of drug-likeness (QED) is 0.826. The van der Waals surface area contributed by atoms with E-state index in [1.54, 1.807) is 0 Å². The summed E-state index contributed by atoms with van der Waals surface area (Å²) in [6.07, 6.45) is 2.58. The molecule has 2 rings (SSSR count). The molecule has 1 heterocycles. The first-order valence-corrected chi connectivity index (χ1v) is 6.16. The summed E-state index contributed by atoms with van der Waals surface area (Å²) in [5, 5.41) is 9.14. The molecular weight excluding hydrogens is 198 g/mol. The van der Waals surface area contributed by atoms with Crippen LogP contribution in [-0.4, -0.2) is 18.2 Å². The van der Waals surface area contributed by atoms with E-state index in [1.807, 2.05) is 6.07 Å². The van der Waals surface area contributed by atoms with Crippen LogP contribution in [0.2, 0.25) is 0 Å². The number of hydrogen-bond acceptors (Lipinski definition) is 2. The van der Waals surface area contributed by atoms with Gasteiger partial charge in [0.25, 0.3) is 0 Å². The molecule has 1 aromatic rings. The van der Waals surface area contributed by atoms with Crippen LogP contribution in [0.25, 0.3) is 0 Å². The van der Waals surface area contributed by atoms with Gasteiger partial charge in [0.1, 0.15) is 0 Å². The van der Waals surface area contributed by atoms with Crippen molar-refractivity contribution in [2.75, 3.05) is 18.0 Å². The van der Waals surface area contributed by atoms with Crippen molar-refractivity contribution in [3.8, 4) is 0 Å². The van der Waals surface area contributed by atoms with Gasteiger partial charge in [0.2, 0.25) is 0 Å². The van der Waals surface area contributed by atoms with Crippen LogP contribution < -0.4 is 4.90 Å². The molecule has 0 radical (unpaired) electrons. The SMILES string of the molecule is Cc1cc(N2CCC(C)CC2)ccc1CO. The van der Waals surface area contributed by atoms with Gasteiger partial charge in [0, 0.05) is 18.8 Å². The van der Waals surface area contributed by atoms with E-state index in [0.29, 0.717) is 0 Å². The minimum absolute atomic E-state index is 0.142. The Balaban J connectivity index is 2.12. The molecule has 0 aliphatic carbocycles. The molecule has 1 aromatic carbocycles. The largest absolute Gasteiger partial charge is 0.392 e. The Morgan fingerprint density at radius 2 is 2.00 bits per heavy atom. The number of hydrogen-bond donors (Lipinski definition) is 1. The van der Waals surface area contributed by atoms with Crippen molar-refractivity contribution in [1.82, 2.24) is 0 Å². The van der Waals surface area contributed by atoms with Crippen LogP contribution in [0.4, 0.5) is 5.69 Å². The Hall–Kier alpha value is -1.02. The third-order valence-electron chi connectivity index (χ3n) is 3.65. The lowest BCUT2D eigenvalue weighted by atomic mass is 9.98. The highest BCUT2D eigenvalue weighted by atomic mass is 16.3. The molecular formula is C14H21NO. The predicted molar refractivity (Wildman–Crippen MR) is 67.7 cm³/mol. The second kappa shape index (κ2) is 4.88. The molecule has 16 heavy (non-hydrogen) atoms. The molecule has 1 aliphatic heterocycles. The summed E-state index contributed by atoms with van der Waals surface area (Å²) in [5.74, 6) is 0.870. The number of benzene rings is 1. The zero-order chi connectivity index (χ0) is 11.5. The summed E-state index contributed by atoms with van der Waals surface area (Å²) in [6.45, 7) is 6.88. The number of aryl methyl sites for hydroxylation is 1. The van der Waals surface area contributed by atoms with Crippen LogP contribution in [0.1, 0.15) is 30.9 Å². The van der Waals surface area contributed by atoms with Gasteiger partial charge in [-0.25, -0.2) is 0 Å². The third-order valence-corrected chi connectivity index (χ3v) is 3.65. The van der Waals surface area contributed by atoms with Gasteiger partial charge in [-0.05, 0) is 48.9 Å². The molecule has 0 bridgehead atoms. The summed E-state index contributed by atoms with van der Waals surface area (Å²) in [4.78, 5) is 2.45. The smallest absolute Gasteiger partial charge is 0.0684 e. The molecule has 1 fully saturated rings. The Morgan fingerprint density at radius 1 is 1.31 bits per heavy atom. The zero-order valence-electron chi connectivity index (χ0n) is 10.2. The molecule has 1 N–H and O–H groups in total. The minimum Gasteiger partial charge on any atom is -0.392 e. The van der Waals surface area contributed by atoms with Gasteiger partial charge in [-0.3, -0.25) is 0 Å². The molecule has 2 heteroatoms. The van der Waals surface area contributed by atoms with E-state index in [2.05, 4.69) is 30.9 Å². The Morgan fingerprint density at radius 3 is 2.56 bits per heavy atom. The standard InChI is InChI=1S/C14H21NO/c1-11-5-7-15(8-6-11)14-4-3-13(10-16)12(2)9-14/h3-4,9,11,16H,5-8,10H2,1-2H3. The summed E-state index contributed by atoms with van der Waals surface area (Å²) in [6, 6.07) is 6.37. The predicted octanol–water partition coefficient (Wildman–Crippen LogP) is 2.72. The fourth-order valence-electron chi connectivity index (χ4n) is 2.32. The molecule has 0 amide bonds. The van der Waals surface area contributed by atoms with Crippen LogP contribution in [0.5, 0.6) is 0 Å². The third kappa shape index (κ3) is 2.38. The van der Waals surface area contributed by atoms with E-state index in [-0.39, 0.29) is 6.61 Å². The Kier molecular flexibility index (Phi) is 3.49. The number of aliphatic hydroxyl groups is 1. The van der Waals surface area contributed by atoms with Gasteiger partial charge in [0.15, 0.2) is 0 Å². The lowest BCUT2D eigenvalue weighted by Gasteiger charge is -2.32. The number of piperidine rings is 1. The fraction of sp³-hybridized carbons (Fsp3) is 0.571. The first-order chi connectivity index (χ1) is 7.70. The van der Waals surface area contributed by atoms with Gasteiger partial charge in [-0.1, -0.05) is 13.0 Å². The van der Waals surface area contributed by atoms with Crippen LogP contribution >= 0.6 is 0 Å². The Bertz CT molecular complexity index is 354. The monoisotopic (exact) mass is 219 g/mol. The second-order valence-electron chi connectivity index (χ2n) is 4.94. The van der Waals surface area contributed by atoms with Crippen molar-refractivity contribution in [3.63, 3.8) is 0 Å². The van der Waals surface area contributed by atoms with Gasteiger partial charge in [-0.2, -0.15) is 0 Å². The van der Waals surface area contributed by atoms with Gasteiger partial charge in [0.05, 0.1) is 6.61 Å². The topological polar surface area (TPSA) is 23.5 Å². The van der Waals surface area contributed by atoms with Crippen LogP contribution in [-0.2, 0) is 6.61 Å². The van der Waals surface area contributed by atoms with E-state index >= 15 is 0 Å². The molecule has 0 unspecified atom stereocenters. The van der Waals surface area contributed by atoms with E-state index in [1.165, 1.54) is 37.2 Å². The summed E-state index contributed by atoms with van der Waals surface area (Å²) < 4.78 is 0. The number of nitrogens with zero attached hydrogens (tertiary/aromatic N) is 1. The maximum Gasteiger partial charge on any atom is 0.0684 e. The molecule has 1 saturated heterocycles. The molecule has 0 saturated carbocycles. The number of aliphatic hydroxyl groups excluding tert-OH is 1. The van der Waals surface area contributed by atoms with Crippen molar-refractivity contribution in [2.45, 2.75) is 33.3 Å². The maximum absolute atomic E-state index is 9.14. The van der Waals surface area contributed by atoms with Gasteiger partial charge in [-0.15, -0.1) is 0 Å². The van der Waals surface area contributed by atoms with Crippen molar-refractivity contribution in [2.24, 2.45) is 5.92 Å². The van der Waals surface area contributed by atoms with Crippen molar-refractivity contribution in [1.29, 1.82) is 0 Å². The summed E-state index contributed by atoms with van der Waals surface area (Å²) in [5.41, 5.74) is 3.54. The molecule has 2 nitrogen and oxygen atoms in total. The number of anilines is 1. The second-order valence-corrected chi connectivity index (χ2v) is 4.94. The lowest BCUT2D eigenvalue weighted by molar-refractivity contribution is 0.281. The maximum atomic E-state index is 9.14. The number of rotatable bonds is 2. The van der Waals surface area contributed by atoms with Crippen molar-refractivity contribution < 1.29 is 5.11 Å². The average Bonchev–Trinajstić information content (AvgIpc) is 2.30. The minimum atomic E-state index is 0.142. The fourth-order valence-corrected chi connectivity index (χ4v) is 2.32. The molecule has 0 spiro atoms. The van der Waals surface area contributed by atoms with Crippen molar-refractivity contribution >= 4 is 5.69 Å². The Labute approximate surface area is 97.9 Å². The first kappa shape index (κ1) is 11.5. The highest BCUT2D eigenvalue weighted by Crippen LogP contribution is 2.24. The highest BCUT2D eigenvalue weighted by Gasteiger charge is 2.16. The summed E-state index contributed by atoms with van der Waals surface area (Å²) >= 11 is 0. The molecule has 88 valence electrons.